The summed E-state index contributed by atoms with van der Waals surface area (Å²) in [6.07, 6.45) is 1.75. The number of nitrogens with zero attached hydrogens (tertiary/aromatic N) is 2. The van der Waals surface area contributed by atoms with Crippen molar-refractivity contribution in [2.75, 3.05) is 29.2 Å². The molecule has 0 saturated carbocycles. The molecular formula is C10H18N4S. The zero-order valence-corrected chi connectivity index (χ0v) is 10.3. The lowest BCUT2D eigenvalue weighted by Gasteiger charge is -2.13. The fraction of sp³-hybridized carbons (Fsp3) is 0.600. The van der Waals surface area contributed by atoms with Gasteiger partial charge in [-0.2, -0.15) is 16.7 Å². The summed E-state index contributed by atoms with van der Waals surface area (Å²) in [5, 5.41) is 6.26. The van der Waals surface area contributed by atoms with Gasteiger partial charge in [0.1, 0.15) is 5.82 Å². The average molecular weight is 226 g/mol. The molecule has 1 unspecified atom stereocenters. The SMILES string of the molecule is CCSCC(C)Nc1ccnc(NC)n1. The van der Waals surface area contributed by atoms with Gasteiger partial charge in [0.25, 0.3) is 0 Å². The van der Waals surface area contributed by atoms with Gasteiger partial charge in [0.05, 0.1) is 0 Å². The van der Waals surface area contributed by atoms with E-state index in [1.54, 1.807) is 6.20 Å². The second-order valence-electron chi connectivity index (χ2n) is 3.22. The minimum Gasteiger partial charge on any atom is -0.367 e. The molecule has 0 fully saturated rings. The highest BCUT2D eigenvalue weighted by molar-refractivity contribution is 7.99. The van der Waals surface area contributed by atoms with Crippen molar-refractivity contribution in [3.63, 3.8) is 0 Å². The minimum atomic E-state index is 0.426. The maximum atomic E-state index is 4.30. The van der Waals surface area contributed by atoms with Gasteiger partial charge in [-0.05, 0) is 18.7 Å². The molecule has 15 heavy (non-hydrogen) atoms. The van der Waals surface area contributed by atoms with Gasteiger partial charge in [0.15, 0.2) is 0 Å². The van der Waals surface area contributed by atoms with Crippen LogP contribution in [0.3, 0.4) is 0 Å². The van der Waals surface area contributed by atoms with Crippen LogP contribution in [0, 0.1) is 0 Å². The van der Waals surface area contributed by atoms with Crippen LogP contribution in [0.2, 0.25) is 0 Å². The summed E-state index contributed by atoms with van der Waals surface area (Å²) in [5.74, 6) is 3.77. The van der Waals surface area contributed by atoms with Gasteiger partial charge < -0.3 is 10.6 Å². The topological polar surface area (TPSA) is 49.8 Å². The van der Waals surface area contributed by atoms with Crippen LogP contribution in [0.25, 0.3) is 0 Å². The first-order valence-corrected chi connectivity index (χ1v) is 6.26. The Bertz CT molecular complexity index is 293. The summed E-state index contributed by atoms with van der Waals surface area (Å²) in [5.41, 5.74) is 0. The number of nitrogens with one attached hydrogen (secondary N) is 2. The molecule has 0 bridgehead atoms. The van der Waals surface area contributed by atoms with Gasteiger partial charge in [-0.3, -0.25) is 0 Å². The zero-order valence-electron chi connectivity index (χ0n) is 9.45. The van der Waals surface area contributed by atoms with Crippen molar-refractivity contribution < 1.29 is 0 Å². The fourth-order valence-corrected chi connectivity index (χ4v) is 1.82. The first kappa shape index (κ1) is 12.1. The Morgan fingerprint density at radius 3 is 3.00 bits per heavy atom. The monoisotopic (exact) mass is 226 g/mol. The van der Waals surface area contributed by atoms with Gasteiger partial charge in [-0.25, -0.2) is 4.98 Å². The van der Waals surface area contributed by atoms with Crippen molar-refractivity contribution in [3.8, 4) is 0 Å². The van der Waals surface area contributed by atoms with Crippen LogP contribution < -0.4 is 10.6 Å². The first-order valence-electron chi connectivity index (χ1n) is 5.11. The predicted molar refractivity (Wildman–Crippen MR) is 67.7 cm³/mol. The maximum absolute atomic E-state index is 4.30. The summed E-state index contributed by atoms with van der Waals surface area (Å²) in [7, 11) is 1.81. The van der Waals surface area contributed by atoms with E-state index >= 15 is 0 Å². The summed E-state index contributed by atoms with van der Waals surface area (Å²) < 4.78 is 0. The molecule has 0 spiro atoms. The molecule has 0 radical (unpaired) electrons. The molecule has 1 rings (SSSR count). The number of hydrogen-bond acceptors (Lipinski definition) is 5. The van der Waals surface area contributed by atoms with Gasteiger partial charge in [0.2, 0.25) is 5.95 Å². The molecule has 0 aromatic carbocycles. The van der Waals surface area contributed by atoms with Crippen LogP contribution in [0.15, 0.2) is 12.3 Å². The van der Waals surface area contributed by atoms with Crippen LogP contribution in [-0.4, -0.2) is 34.6 Å². The Labute approximate surface area is 95.3 Å². The van der Waals surface area contributed by atoms with E-state index in [-0.39, 0.29) is 0 Å². The van der Waals surface area contributed by atoms with Crippen molar-refractivity contribution in [1.82, 2.24) is 9.97 Å². The third-order valence-corrected chi connectivity index (χ3v) is 2.99. The third-order valence-electron chi connectivity index (χ3n) is 1.85. The highest BCUT2D eigenvalue weighted by Crippen LogP contribution is 2.09. The molecule has 0 aliphatic rings. The van der Waals surface area contributed by atoms with E-state index < -0.39 is 0 Å². The molecule has 1 aromatic rings. The minimum absolute atomic E-state index is 0.426. The van der Waals surface area contributed by atoms with E-state index in [1.165, 1.54) is 0 Å². The van der Waals surface area contributed by atoms with Crippen molar-refractivity contribution in [1.29, 1.82) is 0 Å². The van der Waals surface area contributed by atoms with Crippen LogP contribution in [-0.2, 0) is 0 Å². The van der Waals surface area contributed by atoms with E-state index in [9.17, 15) is 0 Å². The van der Waals surface area contributed by atoms with Crippen molar-refractivity contribution >= 4 is 23.5 Å². The number of hydrogen-bond donors (Lipinski definition) is 2. The smallest absolute Gasteiger partial charge is 0.224 e. The highest BCUT2D eigenvalue weighted by atomic mass is 32.2. The van der Waals surface area contributed by atoms with Gasteiger partial charge in [0, 0.05) is 25.0 Å². The number of thioether (sulfide) groups is 1. The Balaban J connectivity index is 2.48. The van der Waals surface area contributed by atoms with E-state index in [1.807, 2.05) is 24.9 Å². The lowest BCUT2D eigenvalue weighted by Crippen LogP contribution is -2.19. The van der Waals surface area contributed by atoms with E-state index in [0.29, 0.717) is 12.0 Å². The summed E-state index contributed by atoms with van der Waals surface area (Å²) in [6.45, 7) is 4.32. The van der Waals surface area contributed by atoms with E-state index in [0.717, 1.165) is 17.3 Å². The van der Waals surface area contributed by atoms with Crippen molar-refractivity contribution in [3.05, 3.63) is 12.3 Å². The Morgan fingerprint density at radius 1 is 1.53 bits per heavy atom. The van der Waals surface area contributed by atoms with E-state index in [4.69, 9.17) is 0 Å². The molecule has 1 aromatic heterocycles. The van der Waals surface area contributed by atoms with Gasteiger partial charge in [-0.15, -0.1) is 0 Å². The number of anilines is 2. The summed E-state index contributed by atoms with van der Waals surface area (Å²) >= 11 is 1.92. The maximum Gasteiger partial charge on any atom is 0.224 e. The molecule has 0 aliphatic carbocycles. The fourth-order valence-electron chi connectivity index (χ4n) is 1.15. The molecule has 5 heteroatoms. The second-order valence-corrected chi connectivity index (χ2v) is 4.54. The standard InChI is InChI=1S/C10H18N4S/c1-4-15-7-8(2)13-9-5-6-12-10(11-3)14-9/h5-6,8H,4,7H2,1-3H3,(H2,11,12,13,14). The zero-order chi connectivity index (χ0) is 11.1. The molecule has 84 valence electrons. The largest absolute Gasteiger partial charge is 0.367 e. The Morgan fingerprint density at radius 2 is 2.33 bits per heavy atom. The first-order chi connectivity index (χ1) is 7.26. The van der Waals surface area contributed by atoms with Crippen LogP contribution in [0.1, 0.15) is 13.8 Å². The van der Waals surface area contributed by atoms with Gasteiger partial charge >= 0.3 is 0 Å². The molecule has 0 aliphatic heterocycles. The molecule has 2 N–H and O–H groups in total. The summed E-state index contributed by atoms with van der Waals surface area (Å²) in [6, 6.07) is 2.31. The predicted octanol–water partition coefficient (Wildman–Crippen LogP) is 2.07. The third kappa shape index (κ3) is 4.38. The molecule has 4 nitrogen and oxygen atoms in total. The second kappa shape index (κ2) is 6.50. The summed E-state index contributed by atoms with van der Waals surface area (Å²) in [4.78, 5) is 8.36. The lowest BCUT2D eigenvalue weighted by molar-refractivity contribution is 0.899. The van der Waals surface area contributed by atoms with Crippen LogP contribution >= 0.6 is 11.8 Å². The molecule has 1 heterocycles. The Hall–Kier alpha value is -0.970. The van der Waals surface area contributed by atoms with Crippen LogP contribution in [0.4, 0.5) is 11.8 Å². The molecule has 0 amide bonds. The lowest BCUT2D eigenvalue weighted by atomic mass is 10.4. The highest BCUT2D eigenvalue weighted by Gasteiger charge is 2.03. The van der Waals surface area contributed by atoms with E-state index in [2.05, 4.69) is 34.4 Å². The van der Waals surface area contributed by atoms with Crippen LogP contribution in [0.5, 0.6) is 0 Å². The number of aromatic nitrogens is 2. The van der Waals surface area contributed by atoms with Crippen molar-refractivity contribution in [2.24, 2.45) is 0 Å². The Kier molecular flexibility index (Phi) is 5.25. The number of rotatable bonds is 6. The quantitative estimate of drug-likeness (QED) is 0.777. The molecule has 1 atom stereocenters. The molecular weight excluding hydrogens is 208 g/mol. The van der Waals surface area contributed by atoms with Crippen molar-refractivity contribution in [2.45, 2.75) is 19.9 Å². The normalized spacial score (nSPS) is 12.2. The average Bonchev–Trinajstić information content (AvgIpc) is 2.26. The van der Waals surface area contributed by atoms with Gasteiger partial charge in [-0.1, -0.05) is 6.92 Å². The molecule has 0 saturated heterocycles.